The highest BCUT2D eigenvalue weighted by molar-refractivity contribution is 7.85. The van der Waals surface area contributed by atoms with E-state index in [4.69, 9.17) is 16.0 Å². The van der Waals surface area contributed by atoms with E-state index in [0.717, 1.165) is 27.1 Å². The van der Waals surface area contributed by atoms with Gasteiger partial charge in [-0.2, -0.15) is 0 Å². The molecule has 1 N–H and O–H groups in total. The van der Waals surface area contributed by atoms with E-state index in [2.05, 4.69) is 46.3 Å². The molecule has 0 aromatic heterocycles. The molecule has 240 valence electrons. The Labute approximate surface area is 281 Å². The molecular formula is C37H46ClNO3S2Si. The molecule has 0 aliphatic rings. The summed E-state index contributed by atoms with van der Waals surface area (Å²) in [6.45, 7) is 17.6. The number of nitrogens with one attached hydrogen (secondary N) is 1. The standard InChI is InChI=1S/C37H46ClNO3S2Si/c1-25(2)45(26(3)4,27(5)6)42-37(34-11-9-10-12-35(34)43(40)32-21-13-28(7)14-22-32)36(30-17-19-31(38)20-18-30)39-44(41)33-23-15-29(8)16-24-33/h9-27,36-37,39H,1-8H3/t36-,37+,43?,44?/m1/s1. The van der Waals surface area contributed by atoms with Gasteiger partial charge in [-0.1, -0.05) is 119 Å². The van der Waals surface area contributed by atoms with Crippen molar-refractivity contribution >= 4 is 41.7 Å². The lowest BCUT2D eigenvalue weighted by Gasteiger charge is -2.46. The number of aryl methyl sites for hydroxylation is 2. The highest BCUT2D eigenvalue weighted by atomic mass is 35.5. The first-order valence-corrected chi connectivity index (χ1v) is 20.4. The monoisotopic (exact) mass is 679 g/mol. The minimum atomic E-state index is -2.53. The summed E-state index contributed by atoms with van der Waals surface area (Å²) in [6.07, 6.45) is -0.593. The maximum Gasteiger partial charge on any atom is 0.201 e. The van der Waals surface area contributed by atoms with Gasteiger partial charge in [-0.25, -0.2) is 13.1 Å². The van der Waals surface area contributed by atoms with Gasteiger partial charge in [0.15, 0.2) is 0 Å². The Morgan fingerprint density at radius 1 is 0.667 bits per heavy atom. The average Bonchev–Trinajstić information content (AvgIpc) is 3.01. The lowest BCUT2D eigenvalue weighted by atomic mass is 9.96. The van der Waals surface area contributed by atoms with Crippen LogP contribution in [0, 0.1) is 13.8 Å². The predicted octanol–water partition coefficient (Wildman–Crippen LogP) is 10.4. The van der Waals surface area contributed by atoms with Crippen LogP contribution >= 0.6 is 11.6 Å². The van der Waals surface area contributed by atoms with Gasteiger partial charge in [-0.3, -0.25) is 0 Å². The zero-order valence-corrected chi connectivity index (χ0v) is 30.9. The van der Waals surface area contributed by atoms with Crippen LogP contribution in [0.15, 0.2) is 112 Å². The highest BCUT2D eigenvalue weighted by Crippen LogP contribution is 2.49. The van der Waals surface area contributed by atoms with Gasteiger partial charge in [0.05, 0.1) is 27.8 Å². The third-order valence-electron chi connectivity index (χ3n) is 8.70. The molecular weight excluding hydrogens is 634 g/mol. The number of hydrogen-bond acceptors (Lipinski definition) is 3. The smallest absolute Gasteiger partial charge is 0.201 e. The summed E-state index contributed by atoms with van der Waals surface area (Å²) < 4.78 is 39.4. The molecule has 4 nitrogen and oxygen atoms in total. The Hall–Kier alpha value is -2.39. The van der Waals surface area contributed by atoms with E-state index >= 15 is 0 Å². The van der Waals surface area contributed by atoms with Crippen molar-refractivity contribution in [3.05, 3.63) is 124 Å². The zero-order valence-electron chi connectivity index (χ0n) is 27.5. The van der Waals surface area contributed by atoms with Crippen LogP contribution in [0.1, 0.15) is 75.9 Å². The number of hydrogen-bond donors (Lipinski definition) is 1. The normalized spacial score (nSPS) is 14.9. The molecule has 0 aliphatic carbocycles. The van der Waals surface area contributed by atoms with Crippen molar-refractivity contribution in [3.63, 3.8) is 0 Å². The summed E-state index contributed by atoms with van der Waals surface area (Å²) in [5.41, 5.74) is 4.80. The van der Waals surface area contributed by atoms with Crippen LogP contribution in [0.4, 0.5) is 0 Å². The Morgan fingerprint density at radius 2 is 1.16 bits per heavy atom. The van der Waals surface area contributed by atoms with Crippen molar-refractivity contribution < 1.29 is 12.8 Å². The van der Waals surface area contributed by atoms with E-state index in [-0.39, 0.29) is 0 Å². The van der Waals surface area contributed by atoms with Crippen LogP contribution in [0.25, 0.3) is 0 Å². The van der Waals surface area contributed by atoms with Gasteiger partial charge < -0.3 is 4.43 Å². The first kappa shape index (κ1) is 35.5. The molecule has 0 saturated heterocycles. The van der Waals surface area contributed by atoms with Crippen LogP contribution in [0.5, 0.6) is 0 Å². The molecule has 0 fully saturated rings. The van der Waals surface area contributed by atoms with Crippen molar-refractivity contribution in [2.75, 3.05) is 0 Å². The third kappa shape index (κ3) is 8.13. The van der Waals surface area contributed by atoms with E-state index < -0.39 is 42.2 Å². The average molecular weight is 680 g/mol. The molecule has 8 heteroatoms. The van der Waals surface area contributed by atoms with Crippen LogP contribution in [-0.4, -0.2) is 16.7 Å². The zero-order chi connectivity index (χ0) is 32.9. The second-order valence-corrected chi connectivity index (χ2v) is 21.2. The van der Waals surface area contributed by atoms with Gasteiger partial charge in [0, 0.05) is 14.8 Å². The second kappa shape index (κ2) is 15.5. The topological polar surface area (TPSA) is 55.4 Å². The fraction of sp³-hybridized carbons (Fsp3) is 0.351. The molecule has 4 aromatic carbocycles. The number of halogens is 1. The molecule has 2 unspecified atom stereocenters. The predicted molar refractivity (Wildman–Crippen MR) is 192 cm³/mol. The van der Waals surface area contributed by atoms with Crippen molar-refractivity contribution in [3.8, 4) is 0 Å². The molecule has 4 atom stereocenters. The quantitative estimate of drug-likeness (QED) is 0.143. The van der Waals surface area contributed by atoms with Crippen LogP contribution < -0.4 is 4.72 Å². The second-order valence-electron chi connectivity index (χ2n) is 12.7. The molecule has 0 radical (unpaired) electrons. The van der Waals surface area contributed by atoms with Crippen molar-refractivity contribution in [2.24, 2.45) is 0 Å². The SMILES string of the molecule is Cc1ccc(S(=O)N[C@H](c2ccc(Cl)cc2)[C@@H](O[Si](C(C)C)(C(C)C)C(C)C)c2ccccc2S(=O)c2ccc(C)cc2)cc1. The third-order valence-corrected chi connectivity index (χ3v) is 17.7. The maximum absolute atomic E-state index is 14.3. The molecule has 4 aromatic rings. The van der Waals surface area contributed by atoms with E-state index in [0.29, 0.717) is 31.4 Å². The molecule has 0 heterocycles. The number of benzene rings is 4. The van der Waals surface area contributed by atoms with Gasteiger partial charge >= 0.3 is 0 Å². The van der Waals surface area contributed by atoms with Crippen molar-refractivity contribution in [1.82, 2.24) is 4.72 Å². The van der Waals surface area contributed by atoms with Gasteiger partial charge in [0.1, 0.15) is 11.0 Å². The van der Waals surface area contributed by atoms with E-state index in [1.165, 1.54) is 0 Å². The largest absolute Gasteiger partial charge is 0.407 e. The maximum atomic E-state index is 14.3. The summed E-state index contributed by atoms with van der Waals surface area (Å²) >= 11 is 6.36. The lowest BCUT2D eigenvalue weighted by Crippen LogP contribution is -2.50. The van der Waals surface area contributed by atoms with E-state index in [1.807, 2.05) is 111 Å². The fourth-order valence-electron chi connectivity index (χ4n) is 6.43. The van der Waals surface area contributed by atoms with Crippen LogP contribution in [0.2, 0.25) is 21.6 Å². The highest BCUT2D eigenvalue weighted by Gasteiger charge is 2.48. The number of rotatable bonds is 13. The molecule has 45 heavy (non-hydrogen) atoms. The molecule has 4 rings (SSSR count). The Morgan fingerprint density at radius 3 is 1.67 bits per heavy atom. The van der Waals surface area contributed by atoms with Crippen molar-refractivity contribution in [1.29, 1.82) is 0 Å². The minimum Gasteiger partial charge on any atom is -0.407 e. The van der Waals surface area contributed by atoms with Crippen molar-refractivity contribution in [2.45, 2.75) is 98.8 Å². The first-order valence-electron chi connectivity index (χ1n) is 15.6. The Bertz CT molecular complexity index is 1580. The molecule has 0 aliphatic heterocycles. The molecule has 0 saturated carbocycles. The van der Waals surface area contributed by atoms with Crippen LogP contribution in [0.3, 0.4) is 0 Å². The van der Waals surface area contributed by atoms with Gasteiger partial charge in [-0.05, 0) is 84.1 Å². The van der Waals surface area contributed by atoms with Gasteiger partial charge in [-0.15, -0.1) is 0 Å². The Kier molecular flexibility index (Phi) is 12.2. The minimum absolute atomic E-state index is 0.295. The van der Waals surface area contributed by atoms with Gasteiger partial charge in [0.2, 0.25) is 8.32 Å². The van der Waals surface area contributed by atoms with E-state index in [1.54, 1.807) is 0 Å². The molecule has 0 bridgehead atoms. The van der Waals surface area contributed by atoms with E-state index in [9.17, 15) is 8.42 Å². The summed E-state index contributed by atoms with van der Waals surface area (Å²) in [5, 5.41) is 0.616. The lowest BCUT2D eigenvalue weighted by molar-refractivity contribution is 0.139. The fourth-order valence-corrected chi connectivity index (χ4v) is 14.3. The Balaban J connectivity index is 1.96. The summed E-state index contributed by atoms with van der Waals surface area (Å²) in [5.74, 6) is 0. The molecule has 0 spiro atoms. The molecule has 0 amide bonds. The summed E-state index contributed by atoms with van der Waals surface area (Å²) in [7, 11) is -5.55. The summed E-state index contributed by atoms with van der Waals surface area (Å²) in [6, 6.07) is 30.5. The van der Waals surface area contributed by atoms with Crippen LogP contribution in [-0.2, 0) is 26.2 Å². The first-order chi connectivity index (χ1) is 21.3. The summed E-state index contributed by atoms with van der Waals surface area (Å²) in [4.78, 5) is 2.09. The van der Waals surface area contributed by atoms with Gasteiger partial charge in [0.25, 0.3) is 0 Å².